The van der Waals surface area contributed by atoms with Crippen molar-refractivity contribution in [3.8, 4) is 0 Å². The monoisotopic (exact) mass is 186 g/mol. The van der Waals surface area contributed by atoms with Gasteiger partial charge < -0.3 is 15.4 Å². The first kappa shape index (κ1) is 12.6. The standard InChI is InChI=1S/C10H22N2O/c1-3-5-11-7-9-13-10-8-12-6-4-2/h3,11-12H,1,4-10H2,2H3. The van der Waals surface area contributed by atoms with Gasteiger partial charge in [0, 0.05) is 19.6 Å². The van der Waals surface area contributed by atoms with E-state index in [4.69, 9.17) is 4.74 Å². The minimum absolute atomic E-state index is 0.779. The molecule has 0 atom stereocenters. The van der Waals surface area contributed by atoms with E-state index in [1.807, 2.05) is 6.08 Å². The fourth-order valence-electron chi connectivity index (χ4n) is 0.897. The van der Waals surface area contributed by atoms with E-state index in [-0.39, 0.29) is 0 Å². The summed E-state index contributed by atoms with van der Waals surface area (Å²) in [6.07, 6.45) is 3.03. The van der Waals surface area contributed by atoms with Crippen LogP contribution in [0.15, 0.2) is 12.7 Å². The maximum atomic E-state index is 5.37. The average molecular weight is 186 g/mol. The molecule has 3 heteroatoms. The van der Waals surface area contributed by atoms with Gasteiger partial charge in [-0.05, 0) is 13.0 Å². The molecule has 0 radical (unpaired) electrons. The molecule has 2 N–H and O–H groups in total. The SMILES string of the molecule is C=CCNCCOCCNCCC. The normalized spacial score (nSPS) is 10.2. The predicted octanol–water partition coefficient (Wildman–Crippen LogP) is 0.778. The second kappa shape index (κ2) is 11.6. The molecule has 0 aliphatic carbocycles. The second-order valence-corrected chi connectivity index (χ2v) is 2.86. The van der Waals surface area contributed by atoms with Gasteiger partial charge in [-0.25, -0.2) is 0 Å². The minimum atomic E-state index is 0.779. The molecule has 0 bridgehead atoms. The Morgan fingerprint density at radius 1 is 1.15 bits per heavy atom. The molecular weight excluding hydrogens is 164 g/mol. The Bertz CT molecular complexity index is 107. The van der Waals surface area contributed by atoms with Crippen LogP contribution in [-0.2, 0) is 4.74 Å². The van der Waals surface area contributed by atoms with Crippen molar-refractivity contribution in [2.24, 2.45) is 0 Å². The van der Waals surface area contributed by atoms with E-state index in [1.54, 1.807) is 0 Å². The van der Waals surface area contributed by atoms with Crippen LogP contribution in [0.25, 0.3) is 0 Å². The van der Waals surface area contributed by atoms with Gasteiger partial charge in [-0.15, -0.1) is 6.58 Å². The topological polar surface area (TPSA) is 33.3 Å². The molecule has 3 nitrogen and oxygen atoms in total. The molecule has 0 saturated carbocycles. The van der Waals surface area contributed by atoms with Crippen LogP contribution < -0.4 is 10.6 Å². The van der Waals surface area contributed by atoms with E-state index >= 15 is 0 Å². The molecule has 78 valence electrons. The van der Waals surface area contributed by atoms with Crippen LogP contribution in [-0.4, -0.2) is 39.4 Å². The number of ether oxygens (including phenoxy) is 1. The number of hydrogen-bond acceptors (Lipinski definition) is 3. The molecule has 0 aromatic carbocycles. The van der Waals surface area contributed by atoms with E-state index in [1.165, 1.54) is 6.42 Å². The molecule has 0 aliphatic heterocycles. The Balaban J connectivity index is 2.79. The summed E-state index contributed by atoms with van der Waals surface area (Å²) < 4.78 is 5.37. The molecule has 0 amide bonds. The predicted molar refractivity (Wildman–Crippen MR) is 57.0 cm³/mol. The Morgan fingerprint density at radius 3 is 2.46 bits per heavy atom. The highest BCUT2D eigenvalue weighted by Gasteiger charge is 1.87. The molecule has 0 heterocycles. The highest BCUT2D eigenvalue weighted by Crippen LogP contribution is 1.74. The highest BCUT2D eigenvalue weighted by molar-refractivity contribution is 4.68. The van der Waals surface area contributed by atoms with Crippen LogP contribution in [0.5, 0.6) is 0 Å². The van der Waals surface area contributed by atoms with E-state index in [0.717, 1.165) is 39.4 Å². The van der Waals surface area contributed by atoms with Crippen LogP contribution in [0.1, 0.15) is 13.3 Å². The molecule has 0 aromatic heterocycles. The van der Waals surface area contributed by atoms with Gasteiger partial charge in [-0.3, -0.25) is 0 Å². The summed E-state index contributed by atoms with van der Waals surface area (Å²) in [6, 6.07) is 0. The third-order valence-electron chi connectivity index (χ3n) is 1.56. The molecule has 0 fully saturated rings. The summed E-state index contributed by atoms with van der Waals surface area (Å²) in [5.41, 5.74) is 0. The van der Waals surface area contributed by atoms with Crippen molar-refractivity contribution in [1.82, 2.24) is 10.6 Å². The van der Waals surface area contributed by atoms with E-state index in [2.05, 4.69) is 24.1 Å². The average Bonchev–Trinajstić information content (AvgIpc) is 2.16. The fraction of sp³-hybridized carbons (Fsp3) is 0.800. The van der Waals surface area contributed by atoms with Crippen LogP contribution in [0.3, 0.4) is 0 Å². The number of rotatable bonds is 10. The van der Waals surface area contributed by atoms with Gasteiger partial charge in [0.15, 0.2) is 0 Å². The maximum Gasteiger partial charge on any atom is 0.0591 e. The summed E-state index contributed by atoms with van der Waals surface area (Å²) in [5.74, 6) is 0. The van der Waals surface area contributed by atoms with Crippen molar-refractivity contribution in [2.75, 3.05) is 39.4 Å². The van der Waals surface area contributed by atoms with Gasteiger partial charge in [-0.1, -0.05) is 13.0 Å². The van der Waals surface area contributed by atoms with E-state index in [0.29, 0.717) is 0 Å². The third kappa shape index (κ3) is 11.6. The van der Waals surface area contributed by atoms with Gasteiger partial charge in [0.05, 0.1) is 13.2 Å². The minimum Gasteiger partial charge on any atom is -0.379 e. The molecule has 0 saturated heterocycles. The summed E-state index contributed by atoms with van der Waals surface area (Å²) in [4.78, 5) is 0. The lowest BCUT2D eigenvalue weighted by molar-refractivity contribution is 0.138. The summed E-state index contributed by atoms with van der Waals surface area (Å²) in [6.45, 7) is 11.2. The summed E-state index contributed by atoms with van der Waals surface area (Å²) in [5, 5.41) is 6.45. The first-order chi connectivity index (χ1) is 6.41. The molecule has 13 heavy (non-hydrogen) atoms. The fourth-order valence-corrected chi connectivity index (χ4v) is 0.897. The quantitative estimate of drug-likeness (QED) is 0.391. The van der Waals surface area contributed by atoms with E-state index in [9.17, 15) is 0 Å². The number of hydrogen-bond donors (Lipinski definition) is 2. The first-order valence-electron chi connectivity index (χ1n) is 5.02. The molecule has 0 aromatic rings. The Hall–Kier alpha value is -0.380. The third-order valence-corrected chi connectivity index (χ3v) is 1.56. The zero-order valence-electron chi connectivity index (χ0n) is 8.64. The van der Waals surface area contributed by atoms with Crippen LogP contribution >= 0.6 is 0 Å². The molecule has 0 unspecified atom stereocenters. The number of nitrogens with one attached hydrogen (secondary N) is 2. The van der Waals surface area contributed by atoms with Gasteiger partial charge in [0.25, 0.3) is 0 Å². The molecular formula is C10H22N2O. The highest BCUT2D eigenvalue weighted by atomic mass is 16.5. The lowest BCUT2D eigenvalue weighted by Crippen LogP contribution is -2.24. The molecule has 0 aliphatic rings. The van der Waals surface area contributed by atoms with Gasteiger partial charge in [-0.2, -0.15) is 0 Å². The molecule has 0 rings (SSSR count). The van der Waals surface area contributed by atoms with Crippen molar-refractivity contribution >= 4 is 0 Å². The van der Waals surface area contributed by atoms with Gasteiger partial charge in [0.1, 0.15) is 0 Å². The maximum absolute atomic E-state index is 5.37. The van der Waals surface area contributed by atoms with Crippen LogP contribution in [0, 0.1) is 0 Å². The van der Waals surface area contributed by atoms with Crippen molar-refractivity contribution in [2.45, 2.75) is 13.3 Å². The van der Waals surface area contributed by atoms with Crippen LogP contribution in [0.2, 0.25) is 0 Å². The zero-order valence-corrected chi connectivity index (χ0v) is 8.64. The summed E-state index contributed by atoms with van der Waals surface area (Å²) in [7, 11) is 0. The Morgan fingerprint density at radius 2 is 1.85 bits per heavy atom. The lowest BCUT2D eigenvalue weighted by atomic mass is 10.5. The Labute approximate surface area is 81.5 Å². The van der Waals surface area contributed by atoms with Crippen molar-refractivity contribution in [1.29, 1.82) is 0 Å². The van der Waals surface area contributed by atoms with Crippen molar-refractivity contribution in [3.05, 3.63) is 12.7 Å². The Kier molecular flexibility index (Phi) is 11.3. The largest absolute Gasteiger partial charge is 0.379 e. The lowest BCUT2D eigenvalue weighted by Gasteiger charge is -2.05. The van der Waals surface area contributed by atoms with Gasteiger partial charge >= 0.3 is 0 Å². The van der Waals surface area contributed by atoms with Crippen LogP contribution in [0.4, 0.5) is 0 Å². The van der Waals surface area contributed by atoms with Crippen molar-refractivity contribution in [3.63, 3.8) is 0 Å². The van der Waals surface area contributed by atoms with Crippen molar-refractivity contribution < 1.29 is 4.74 Å². The smallest absolute Gasteiger partial charge is 0.0591 e. The van der Waals surface area contributed by atoms with E-state index < -0.39 is 0 Å². The summed E-state index contributed by atoms with van der Waals surface area (Å²) >= 11 is 0. The first-order valence-corrected chi connectivity index (χ1v) is 5.02. The molecule has 0 spiro atoms. The second-order valence-electron chi connectivity index (χ2n) is 2.86. The van der Waals surface area contributed by atoms with Gasteiger partial charge in [0.2, 0.25) is 0 Å². The zero-order chi connectivity index (χ0) is 9.78.